The average Bonchev–Trinajstić information content (AvgIpc) is 1.97. The Bertz CT molecular complexity index is 95.9. The lowest BCUT2D eigenvalue weighted by Crippen LogP contribution is -2.16. The fourth-order valence-corrected chi connectivity index (χ4v) is 1.06. The summed E-state index contributed by atoms with van der Waals surface area (Å²) in [4.78, 5) is 0. The van der Waals surface area contributed by atoms with Gasteiger partial charge in [0, 0.05) is 13.0 Å². The Morgan fingerprint density at radius 1 is 1.50 bits per heavy atom. The minimum atomic E-state index is 0.846. The first-order chi connectivity index (χ1) is 4.91. The second kappa shape index (κ2) is 8.87. The van der Waals surface area contributed by atoms with Crippen molar-refractivity contribution in [2.24, 2.45) is 0 Å². The van der Waals surface area contributed by atoms with Gasteiger partial charge in [-0.3, -0.25) is 0 Å². The molecular formula is C8H15NS. The Morgan fingerprint density at radius 2 is 2.30 bits per heavy atom. The van der Waals surface area contributed by atoms with Crippen LogP contribution in [0.15, 0.2) is 0 Å². The minimum absolute atomic E-state index is 0.846. The molecule has 0 saturated carbocycles. The molecule has 58 valence electrons. The van der Waals surface area contributed by atoms with Gasteiger partial charge in [0.05, 0.1) is 0 Å². The Morgan fingerprint density at radius 3 is 2.90 bits per heavy atom. The molecule has 2 heteroatoms. The van der Waals surface area contributed by atoms with Crippen LogP contribution in [0.3, 0.4) is 0 Å². The summed E-state index contributed by atoms with van der Waals surface area (Å²) < 4.78 is 0. The van der Waals surface area contributed by atoms with Gasteiger partial charge in [-0.1, -0.05) is 0 Å². The highest BCUT2D eigenvalue weighted by atomic mass is 32.2. The summed E-state index contributed by atoms with van der Waals surface area (Å²) in [5.41, 5.74) is 0. The third kappa shape index (κ3) is 7.87. The van der Waals surface area contributed by atoms with Gasteiger partial charge in [0.1, 0.15) is 0 Å². The number of rotatable bonds is 6. The molecule has 0 aliphatic rings. The van der Waals surface area contributed by atoms with Gasteiger partial charge in [0.15, 0.2) is 0 Å². The Kier molecular flexibility index (Phi) is 8.75. The first kappa shape index (κ1) is 9.87. The molecule has 0 bridgehead atoms. The number of nitrogens with one attached hydrogen (secondary N) is 1. The Hall–Kier alpha value is -0.130. The molecule has 0 atom stereocenters. The van der Waals surface area contributed by atoms with Gasteiger partial charge in [-0.15, -0.1) is 12.3 Å². The lowest BCUT2D eigenvalue weighted by Gasteiger charge is -1.99. The van der Waals surface area contributed by atoms with Gasteiger partial charge in [0.25, 0.3) is 0 Å². The zero-order valence-electron chi connectivity index (χ0n) is 6.52. The van der Waals surface area contributed by atoms with E-state index in [4.69, 9.17) is 6.42 Å². The molecule has 0 spiro atoms. The van der Waals surface area contributed by atoms with Crippen LogP contribution in [-0.4, -0.2) is 25.1 Å². The first-order valence-corrected chi connectivity index (χ1v) is 4.94. The van der Waals surface area contributed by atoms with Crippen molar-refractivity contribution in [2.45, 2.75) is 12.8 Å². The van der Waals surface area contributed by atoms with E-state index in [0.717, 1.165) is 19.5 Å². The van der Waals surface area contributed by atoms with Crippen molar-refractivity contribution in [3.63, 3.8) is 0 Å². The SMILES string of the molecule is C#CCCNCCCSC. The summed E-state index contributed by atoms with van der Waals surface area (Å²) in [6.45, 7) is 2.06. The summed E-state index contributed by atoms with van der Waals surface area (Å²) >= 11 is 1.89. The van der Waals surface area contributed by atoms with Crippen molar-refractivity contribution < 1.29 is 0 Å². The monoisotopic (exact) mass is 157 g/mol. The van der Waals surface area contributed by atoms with Crippen molar-refractivity contribution in [3.05, 3.63) is 0 Å². The standard InChI is InChI=1S/C8H15NS/c1-3-4-6-9-7-5-8-10-2/h1,9H,4-8H2,2H3. The highest BCUT2D eigenvalue weighted by molar-refractivity contribution is 7.98. The van der Waals surface area contributed by atoms with Crippen LogP contribution in [0.1, 0.15) is 12.8 Å². The molecule has 0 fully saturated rings. The van der Waals surface area contributed by atoms with E-state index in [9.17, 15) is 0 Å². The van der Waals surface area contributed by atoms with Crippen LogP contribution in [0, 0.1) is 12.3 Å². The highest BCUT2D eigenvalue weighted by Crippen LogP contribution is 1.92. The molecule has 0 saturated heterocycles. The fraction of sp³-hybridized carbons (Fsp3) is 0.750. The van der Waals surface area contributed by atoms with Crippen LogP contribution in [0.25, 0.3) is 0 Å². The first-order valence-electron chi connectivity index (χ1n) is 3.55. The summed E-state index contributed by atoms with van der Waals surface area (Å²) in [6.07, 6.45) is 9.29. The van der Waals surface area contributed by atoms with Gasteiger partial charge in [-0.25, -0.2) is 0 Å². The van der Waals surface area contributed by atoms with Gasteiger partial charge < -0.3 is 5.32 Å². The second-order valence-electron chi connectivity index (χ2n) is 2.05. The van der Waals surface area contributed by atoms with E-state index in [2.05, 4.69) is 17.5 Å². The quantitative estimate of drug-likeness (QED) is 0.461. The average molecular weight is 157 g/mol. The molecule has 0 aromatic heterocycles. The van der Waals surface area contributed by atoms with Crippen LogP contribution in [0.5, 0.6) is 0 Å². The molecule has 1 N–H and O–H groups in total. The smallest absolute Gasteiger partial charge is 0.0211 e. The molecule has 0 aromatic rings. The molecule has 0 unspecified atom stereocenters. The predicted octanol–water partition coefficient (Wildman–Crippen LogP) is 1.35. The predicted molar refractivity (Wildman–Crippen MR) is 49.3 cm³/mol. The lowest BCUT2D eigenvalue weighted by molar-refractivity contribution is 0.686. The van der Waals surface area contributed by atoms with Crippen LogP contribution >= 0.6 is 11.8 Å². The number of terminal acetylenes is 1. The number of hydrogen-bond acceptors (Lipinski definition) is 2. The largest absolute Gasteiger partial charge is 0.316 e. The maximum atomic E-state index is 5.08. The molecular weight excluding hydrogens is 142 g/mol. The number of thioether (sulfide) groups is 1. The van der Waals surface area contributed by atoms with Gasteiger partial charge in [-0.05, 0) is 25.0 Å². The zero-order valence-corrected chi connectivity index (χ0v) is 7.34. The second-order valence-corrected chi connectivity index (χ2v) is 3.04. The fourth-order valence-electron chi connectivity index (χ4n) is 0.627. The summed E-state index contributed by atoms with van der Waals surface area (Å²) in [5, 5.41) is 3.27. The van der Waals surface area contributed by atoms with Gasteiger partial charge in [-0.2, -0.15) is 11.8 Å². The molecule has 0 aliphatic heterocycles. The van der Waals surface area contributed by atoms with Crippen LogP contribution in [0.2, 0.25) is 0 Å². The minimum Gasteiger partial charge on any atom is -0.316 e. The van der Waals surface area contributed by atoms with E-state index in [1.165, 1.54) is 12.2 Å². The maximum Gasteiger partial charge on any atom is 0.0211 e. The lowest BCUT2D eigenvalue weighted by atomic mass is 10.4. The summed E-state index contributed by atoms with van der Waals surface area (Å²) in [7, 11) is 0. The molecule has 0 aliphatic carbocycles. The normalized spacial score (nSPS) is 9.20. The van der Waals surface area contributed by atoms with E-state index >= 15 is 0 Å². The molecule has 0 rings (SSSR count). The summed E-state index contributed by atoms with van der Waals surface area (Å²) in [5.74, 6) is 3.83. The van der Waals surface area contributed by atoms with Crippen LogP contribution < -0.4 is 5.32 Å². The Balaban J connectivity index is 2.72. The van der Waals surface area contributed by atoms with Crippen molar-refractivity contribution in [3.8, 4) is 12.3 Å². The van der Waals surface area contributed by atoms with E-state index in [1.807, 2.05) is 11.8 Å². The van der Waals surface area contributed by atoms with E-state index < -0.39 is 0 Å². The molecule has 0 aromatic carbocycles. The molecule has 10 heavy (non-hydrogen) atoms. The van der Waals surface area contributed by atoms with Crippen molar-refractivity contribution in [1.29, 1.82) is 0 Å². The maximum absolute atomic E-state index is 5.08. The van der Waals surface area contributed by atoms with Gasteiger partial charge >= 0.3 is 0 Å². The number of hydrogen-bond donors (Lipinski definition) is 1. The van der Waals surface area contributed by atoms with E-state index in [1.54, 1.807) is 0 Å². The van der Waals surface area contributed by atoms with E-state index in [0.29, 0.717) is 0 Å². The van der Waals surface area contributed by atoms with Crippen molar-refractivity contribution in [2.75, 3.05) is 25.1 Å². The van der Waals surface area contributed by atoms with Gasteiger partial charge in [0.2, 0.25) is 0 Å². The Labute approximate surface area is 68.0 Å². The highest BCUT2D eigenvalue weighted by Gasteiger charge is 1.84. The topological polar surface area (TPSA) is 12.0 Å². The third-order valence-electron chi connectivity index (χ3n) is 1.15. The van der Waals surface area contributed by atoms with Crippen molar-refractivity contribution >= 4 is 11.8 Å². The molecule has 0 heterocycles. The molecule has 0 amide bonds. The van der Waals surface area contributed by atoms with Crippen LogP contribution in [0.4, 0.5) is 0 Å². The van der Waals surface area contributed by atoms with Crippen LogP contribution in [-0.2, 0) is 0 Å². The van der Waals surface area contributed by atoms with E-state index in [-0.39, 0.29) is 0 Å². The molecule has 1 nitrogen and oxygen atoms in total. The molecule has 0 radical (unpaired) electrons. The summed E-state index contributed by atoms with van der Waals surface area (Å²) in [6, 6.07) is 0. The zero-order chi connectivity index (χ0) is 7.66. The third-order valence-corrected chi connectivity index (χ3v) is 1.85. The van der Waals surface area contributed by atoms with Crippen molar-refractivity contribution in [1.82, 2.24) is 5.32 Å².